The second-order valence-corrected chi connectivity index (χ2v) is 23.0. The molecule has 3 aliphatic carbocycles. The molecule has 3 aromatic carbocycles. The van der Waals surface area contributed by atoms with Crippen LogP contribution in [0, 0.1) is 17.8 Å². The predicted molar refractivity (Wildman–Crippen MR) is 219 cm³/mol. The molecular weight excluding hydrogens is 623 g/mol. The highest BCUT2D eigenvalue weighted by molar-refractivity contribution is 6.76. The van der Waals surface area contributed by atoms with Crippen molar-refractivity contribution in [1.29, 1.82) is 0 Å². The van der Waals surface area contributed by atoms with Crippen molar-refractivity contribution in [2.75, 3.05) is 21.1 Å². The second-order valence-electron chi connectivity index (χ2n) is 18.6. The molecule has 4 unspecified atom stereocenters. The Morgan fingerprint density at radius 2 is 1.42 bits per heavy atom. The second kappa shape index (κ2) is 12.6. The highest BCUT2D eigenvalue weighted by atomic mass is 28.3. The van der Waals surface area contributed by atoms with Gasteiger partial charge >= 0.3 is 0 Å². The van der Waals surface area contributed by atoms with E-state index in [4.69, 9.17) is 0 Å². The van der Waals surface area contributed by atoms with Gasteiger partial charge in [-0.05, 0) is 110 Å². The summed E-state index contributed by atoms with van der Waals surface area (Å²) in [5.41, 5.74) is 11.2. The molecule has 3 nitrogen and oxygen atoms in total. The van der Waals surface area contributed by atoms with Gasteiger partial charge in [0.2, 0.25) is 0 Å². The van der Waals surface area contributed by atoms with Gasteiger partial charge in [-0.2, -0.15) is 4.67 Å². The van der Waals surface area contributed by atoms with E-state index in [-0.39, 0.29) is 11.0 Å². The largest absolute Gasteiger partial charge is 0.309 e. The van der Waals surface area contributed by atoms with E-state index in [9.17, 15) is 0 Å². The third-order valence-electron chi connectivity index (χ3n) is 12.9. The van der Waals surface area contributed by atoms with Gasteiger partial charge in [0.15, 0.2) is 8.24 Å². The van der Waals surface area contributed by atoms with E-state index in [1.165, 1.54) is 78.0 Å². The van der Waals surface area contributed by atoms with Crippen LogP contribution in [-0.2, 0) is 5.41 Å². The van der Waals surface area contributed by atoms with Crippen molar-refractivity contribution in [3.8, 4) is 5.69 Å². The molecule has 266 valence electrons. The molecule has 0 saturated heterocycles. The minimum absolute atomic E-state index is 0.0683. The number of para-hydroxylation sites is 2. The Labute approximate surface area is 304 Å². The smallest absolute Gasteiger partial charge is 0.191 e. The van der Waals surface area contributed by atoms with Crippen LogP contribution in [0.2, 0.25) is 18.6 Å². The van der Waals surface area contributed by atoms with Crippen LogP contribution in [0.5, 0.6) is 0 Å². The molecule has 4 heteroatoms. The van der Waals surface area contributed by atoms with Crippen LogP contribution in [-0.4, -0.2) is 48.8 Å². The summed E-state index contributed by atoms with van der Waals surface area (Å²) >= 11 is 0. The van der Waals surface area contributed by atoms with Crippen LogP contribution in [0.4, 0.5) is 0 Å². The molecule has 50 heavy (non-hydrogen) atoms. The Kier molecular flexibility index (Phi) is 8.97. The first-order chi connectivity index (χ1) is 23.6. The Bertz CT molecular complexity index is 1890. The van der Waals surface area contributed by atoms with E-state index in [1.54, 1.807) is 16.7 Å². The van der Waals surface area contributed by atoms with Crippen LogP contribution in [0.3, 0.4) is 0 Å². The Balaban J connectivity index is 1.42. The number of quaternary nitrogens is 1. The van der Waals surface area contributed by atoms with Gasteiger partial charge in [-0.15, -0.1) is 0 Å². The third kappa shape index (κ3) is 5.51. The van der Waals surface area contributed by atoms with Crippen LogP contribution in [0.1, 0.15) is 97.6 Å². The molecule has 0 radical (unpaired) electrons. The van der Waals surface area contributed by atoms with Crippen LogP contribution in [0.15, 0.2) is 84.5 Å². The van der Waals surface area contributed by atoms with E-state index >= 15 is 0 Å². The minimum Gasteiger partial charge on any atom is -0.309 e. The van der Waals surface area contributed by atoms with Gasteiger partial charge < -0.3 is 4.57 Å². The summed E-state index contributed by atoms with van der Waals surface area (Å²) in [5, 5.41) is 2.67. The zero-order valence-electron chi connectivity index (χ0n) is 33.1. The first-order valence-corrected chi connectivity index (χ1v) is 22.9. The van der Waals surface area contributed by atoms with Crippen LogP contribution >= 0.6 is 0 Å². The minimum atomic E-state index is -1.93. The quantitative estimate of drug-likeness (QED) is 0.0916. The average molecular weight is 687 g/mol. The van der Waals surface area contributed by atoms with E-state index in [0.717, 1.165) is 4.59 Å². The SMILES string of the molecule is CCCCC1(CCCC)C2=CC3C(C=C2c2ccc(-n4c5ccccc5c5ccccc54)cc21)CC(C)C3[Si](C)(C)N(C(C)(C)C)[N+](C)(C)C. The topological polar surface area (TPSA) is 8.17 Å². The van der Waals surface area contributed by atoms with Crippen molar-refractivity contribution >= 4 is 35.6 Å². The molecule has 0 spiro atoms. The number of allylic oxidation sites excluding steroid dienone is 4. The lowest BCUT2D eigenvalue weighted by Gasteiger charge is -2.55. The van der Waals surface area contributed by atoms with E-state index < -0.39 is 8.24 Å². The Morgan fingerprint density at radius 1 is 0.840 bits per heavy atom. The maximum atomic E-state index is 2.93. The van der Waals surface area contributed by atoms with Gasteiger partial charge in [-0.1, -0.05) is 114 Å². The van der Waals surface area contributed by atoms with Gasteiger partial charge in [0.1, 0.15) is 0 Å². The first-order valence-electron chi connectivity index (χ1n) is 19.9. The highest BCUT2D eigenvalue weighted by Crippen LogP contribution is 2.63. The van der Waals surface area contributed by atoms with E-state index in [0.29, 0.717) is 23.3 Å². The first kappa shape index (κ1) is 35.5. The van der Waals surface area contributed by atoms with Gasteiger partial charge in [0.05, 0.1) is 37.7 Å². The van der Waals surface area contributed by atoms with E-state index in [2.05, 4.69) is 164 Å². The summed E-state index contributed by atoms with van der Waals surface area (Å²) in [6.07, 6.45) is 14.5. The fourth-order valence-corrected chi connectivity index (χ4v) is 18.5. The van der Waals surface area contributed by atoms with Crippen molar-refractivity contribution in [3.63, 3.8) is 0 Å². The molecule has 0 aliphatic heterocycles. The summed E-state index contributed by atoms with van der Waals surface area (Å²) in [4.78, 5) is 0. The van der Waals surface area contributed by atoms with Gasteiger partial charge in [-0.3, -0.25) is 4.59 Å². The molecule has 0 amide bonds. The number of unbranched alkanes of at least 4 members (excludes halogenated alkanes) is 2. The molecule has 4 atom stereocenters. The number of benzene rings is 3. The fourth-order valence-electron chi connectivity index (χ4n) is 12.1. The standard InChI is InChI=1S/C46H64N3Si/c1-12-14-26-46(27-15-13-2)40-30-34(47-42-22-18-16-20-36(42)37-21-17-19-23-43(37)47)24-25-35(40)39-29-33-28-32(3)44(38(33)31-41(39)46)50(10,11)48(45(4,5)6)49(7,8)9/h16-25,29-33,38,44H,12-15,26-28H2,1-11H3/q+1. The van der Waals surface area contributed by atoms with Gasteiger partial charge in [0.25, 0.3) is 0 Å². The number of rotatable bonds is 10. The third-order valence-corrected chi connectivity index (χ3v) is 17.8. The van der Waals surface area contributed by atoms with Crippen LogP contribution in [0.25, 0.3) is 33.1 Å². The van der Waals surface area contributed by atoms with E-state index in [1.807, 2.05) is 0 Å². The fraction of sp³-hybridized carbons (Fsp3) is 0.522. The van der Waals surface area contributed by atoms with Gasteiger partial charge in [0, 0.05) is 21.9 Å². The summed E-state index contributed by atoms with van der Waals surface area (Å²) in [7, 11) is 5.27. The number of hydrogen-bond donors (Lipinski definition) is 0. The maximum Gasteiger partial charge on any atom is 0.191 e. The molecule has 0 bridgehead atoms. The number of aromatic nitrogens is 1. The zero-order chi connectivity index (χ0) is 35.8. The Morgan fingerprint density at radius 3 is 1.96 bits per heavy atom. The molecule has 4 aromatic rings. The summed E-state index contributed by atoms with van der Waals surface area (Å²) in [6.45, 7) is 20.1. The molecule has 3 aliphatic rings. The lowest BCUT2D eigenvalue weighted by Crippen LogP contribution is -2.72. The van der Waals surface area contributed by atoms with Crippen molar-refractivity contribution < 1.29 is 4.59 Å². The monoisotopic (exact) mass is 686 g/mol. The van der Waals surface area contributed by atoms with Crippen molar-refractivity contribution in [3.05, 3.63) is 95.6 Å². The number of fused-ring (bicyclic) bond motifs is 7. The average Bonchev–Trinajstić information content (AvgIpc) is 3.65. The highest BCUT2D eigenvalue weighted by Gasteiger charge is 2.59. The lowest BCUT2D eigenvalue weighted by molar-refractivity contribution is -0.978. The number of nitrogens with zero attached hydrogens (tertiary/aromatic N) is 3. The lowest BCUT2D eigenvalue weighted by atomic mass is 9.68. The van der Waals surface area contributed by atoms with Gasteiger partial charge in [-0.25, -0.2) is 0 Å². The maximum absolute atomic E-state index is 2.93. The summed E-state index contributed by atoms with van der Waals surface area (Å²) < 4.78 is 6.37. The van der Waals surface area contributed by atoms with Crippen molar-refractivity contribution in [2.45, 2.75) is 116 Å². The molecule has 0 N–H and O–H groups in total. The van der Waals surface area contributed by atoms with Crippen LogP contribution < -0.4 is 0 Å². The van der Waals surface area contributed by atoms with Crippen molar-refractivity contribution in [2.24, 2.45) is 17.8 Å². The molecule has 1 saturated carbocycles. The molecular formula is C46H64N3Si+. The summed E-state index contributed by atoms with van der Waals surface area (Å²) in [6, 6.07) is 25.5. The molecule has 1 heterocycles. The molecule has 1 fully saturated rings. The molecule has 7 rings (SSSR count). The Hall–Kier alpha value is -2.92. The zero-order valence-corrected chi connectivity index (χ0v) is 34.1. The number of hydrogen-bond acceptors (Lipinski definition) is 1. The molecule has 1 aromatic heterocycles. The van der Waals surface area contributed by atoms with Crippen molar-refractivity contribution in [1.82, 2.24) is 9.24 Å². The predicted octanol–water partition coefficient (Wildman–Crippen LogP) is 12.3. The summed E-state index contributed by atoms with van der Waals surface area (Å²) in [5.74, 6) is 1.94. The normalized spacial score (nSPS) is 23.3.